The van der Waals surface area contributed by atoms with Crippen LogP contribution in [0.2, 0.25) is 0 Å². The standard InChI is InChI=1S/C26H28F3N9O2.CH2O2/c1-2-14-11-17(3-4-18(14)25(40)33-6-5-32-24(39)15-9-16(30)10-15)36-22-23-34-13-20(38(23)8-7-31-22)19-12-35-37-21(19)26(27,28)29;2-1-3/h3-4,7-8,11-13,15-16H,2,5-6,9-10,30H2,1H3,(H,31,36)(H,32,39)(H,33,40)(H,35,37);1H,(H,2,3)/t15-,16+;. The van der Waals surface area contributed by atoms with Crippen LogP contribution in [-0.2, 0) is 22.2 Å². The molecule has 0 saturated heterocycles. The minimum atomic E-state index is -4.63. The molecule has 1 saturated carbocycles. The predicted molar refractivity (Wildman–Crippen MR) is 149 cm³/mol. The number of carbonyl (C=O) groups is 3. The average molecular weight is 602 g/mol. The predicted octanol–water partition coefficient (Wildman–Crippen LogP) is 2.73. The number of hydrogen-bond acceptors (Lipinski definition) is 8. The summed E-state index contributed by atoms with van der Waals surface area (Å²) < 4.78 is 41.7. The number of nitrogens with zero attached hydrogens (tertiary/aromatic N) is 4. The van der Waals surface area contributed by atoms with E-state index in [0.29, 0.717) is 48.5 Å². The number of carbonyl (C=O) groups excluding carboxylic acids is 2. The number of hydrogen-bond donors (Lipinski definition) is 6. The number of carboxylic acid groups (broad SMARTS) is 1. The maximum atomic E-state index is 13.4. The highest BCUT2D eigenvalue weighted by atomic mass is 19.4. The number of alkyl halides is 3. The number of rotatable bonds is 9. The average Bonchev–Trinajstić information content (AvgIpc) is 3.62. The number of halogens is 3. The third-order valence-electron chi connectivity index (χ3n) is 6.86. The number of imidazole rings is 1. The van der Waals surface area contributed by atoms with Crippen LogP contribution >= 0.6 is 0 Å². The fraction of sp³-hybridized carbons (Fsp3) is 0.333. The summed E-state index contributed by atoms with van der Waals surface area (Å²) in [4.78, 5) is 41.8. The Labute approximate surface area is 243 Å². The number of anilines is 2. The molecule has 1 aliphatic carbocycles. The summed E-state index contributed by atoms with van der Waals surface area (Å²) in [6.07, 6.45) is 2.80. The summed E-state index contributed by atoms with van der Waals surface area (Å²) in [5.74, 6) is -0.0241. The molecule has 1 aromatic carbocycles. The summed E-state index contributed by atoms with van der Waals surface area (Å²) in [7, 11) is 0. The lowest BCUT2D eigenvalue weighted by molar-refractivity contribution is -0.140. The Kier molecular flexibility index (Phi) is 9.59. The Morgan fingerprint density at radius 3 is 2.60 bits per heavy atom. The summed E-state index contributed by atoms with van der Waals surface area (Å²) in [6.45, 7) is 2.28. The van der Waals surface area contributed by atoms with Gasteiger partial charge in [-0.2, -0.15) is 18.3 Å². The first-order chi connectivity index (χ1) is 20.6. The number of nitrogens with one attached hydrogen (secondary N) is 4. The maximum Gasteiger partial charge on any atom is 0.435 e. The van der Waals surface area contributed by atoms with Crippen LogP contribution in [0.4, 0.5) is 24.7 Å². The second-order valence-corrected chi connectivity index (χ2v) is 9.69. The van der Waals surface area contributed by atoms with Crippen LogP contribution in [-0.4, -0.2) is 67.1 Å². The lowest BCUT2D eigenvalue weighted by atomic mass is 9.80. The van der Waals surface area contributed by atoms with Gasteiger partial charge in [-0.05, 0) is 43.0 Å². The molecule has 0 atom stereocenters. The molecule has 43 heavy (non-hydrogen) atoms. The number of fused-ring (bicyclic) bond motifs is 1. The molecular weight excluding hydrogens is 571 g/mol. The van der Waals surface area contributed by atoms with Crippen molar-refractivity contribution < 1.29 is 32.7 Å². The van der Waals surface area contributed by atoms with Gasteiger partial charge in [-0.3, -0.25) is 23.9 Å². The number of aromatic nitrogens is 5. The zero-order valence-electron chi connectivity index (χ0n) is 23.0. The molecule has 3 heterocycles. The van der Waals surface area contributed by atoms with Crippen LogP contribution < -0.4 is 21.7 Å². The van der Waals surface area contributed by atoms with Gasteiger partial charge >= 0.3 is 6.18 Å². The molecule has 7 N–H and O–H groups in total. The van der Waals surface area contributed by atoms with E-state index >= 15 is 0 Å². The molecule has 16 heteroatoms. The monoisotopic (exact) mass is 601 g/mol. The van der Waals surface area contributed by atoms with Crippen molar-refractivity contribution in [2.45, 2.75) is 38.4 Å². The highest BCUT2D eigenvalue weighted by molar-refractivity contribution is 5.96. The van der Waals surface area contributed by atoms with Crippen molar-refractivity contribution >= 4 is 35.4 Å². The molecule has 5 rings (SSSR count). The van der Waals surface area contributed by atoms with Crippen molar-refractivity contribution in [3.8, 4) is 11.3 Å². The lowest BCUT2D eigenvalue weighted by Crippen LogP contribution is -2.46. The van der Waals surface area contributed by atoms with E-state index in [4.69, 9.17) is 15.6 Å². The molecule has 0 unspecified atom stereocenters. The van der Waals surface area contributed by atoms with Gasteiger partial charge in [0, 0.05) is 54.9 Å². The van der Waals surface area contributed by atoms with Gasteiger partial charge in [0.15, 0.2) is 17.2 Å². The van der Waals surface area contributed by atoms with E-state index in [1.807, 2.05) is 13.0 Å². The zero-order valence-corrected chi connectivity index (χ0v) is 23.0. The number of amides is 2. The molecule has 2 amide bonds. The lowest BCUT2D eigenvalue weighted by Gasteiger charge is -2.31. The number of aryl methyl sites for hydroxylation is 1. The van der Waals surface area contributed by atoms with Gasteiger partial charge in [0.25, 0.3) is 12.4 Å². The molecule has 1 fully saturated rings. The number of benzene rings is 1. The first-order valence-corrected chi connectivity index (χ1v) is 13.3. The SMILES string of the molecule is CCc1cc(Nc2nccn3c(-c4c[nH]nc4C(F)(F)F)cnc23)ccc1C(=O)NCCNC(=O)[C@H]1C[C@@H](N)C1.O=CO. The topological polar surface area (TPSA) is 192 Å². The van der Waals surface area contributed by atoms with Crippen LogP contribution in [0.5, 0.6) is 0 Å². The van der Waals surface area contributed by atoms with E-state index in [0.717, 1.165) is 5.56 Å². The molecule has 0 radical (unpaired) electrons. The van der Waals surface area contributed by atoms with E-state index in [1.54, 1.807) is 12.1 Å². The van der Waals surface area contributed by atoms with Crippen LogP contribution in [0, 0.1) is 5.92 Å². The summed E-state index contributed by atoms with van der Waals surface area (Å²) >= 11 is 0. The van der Waals surface area contributed by atoms with Crippen LogP contribution in [0.15, 0.2) is 43.0 Å². The molecule has 13 nitrogen and oxygen atoms in total. The van der Waals surface area contributed by atoms with Crippen molar-refractivity contribution in [2.75, 3.05) is 18.4 Å². The highest BCUT2D eigenvalue weighted by Crippen LogP contribution is 2.36. The fourth-order valence-corrected chi connectivity index (χ4v) is 4.71. The number of aromatic amines is 1. The Morgan fingerprint density at radius 2 is 1.93 bits per heavy atom. The van der Waals surface area contributed by atoms with Gasteiger partial charge in [0.1, 0.15) is 0 Å². The third-order valence-corrected chi connectivity index (χ3v) is 6.86. The largest absolute Gasteiger partial charge is 0.483 e. The molecule has 0 spiro atoms. The first-order valence-electron chi connectivity index (χ1n) is 13.3. The van der Waals surface area contributed by atoms with E-state index in [-0.39, 0.29) is 48.0 Å². The molecule has 4 aromatic rings. The quantitative estimate of drug-likeness (QED) is 0.124. The molecular formula is C27H30F3N9O4. The Hall–Kier alpha value is -4.99. The minimum absolute atomic E-state index is 0.0422. The summed E-state index contributed by atoms with van der Waals surface area (Å²) in [6, 6.07) is 5.30. The fourth-order valence-electron chi connectivity index (χ4n) is 4.71. The van der Waals surface area contributed by atoms with Crippen molar-refractivity contribution in [3.63, 3.8) is 0 Å². The summed E-state index contributed by atoms with van der Waals surface area (Å²) in [5.41, 5.74) is 6.98. The summed E-state index contributed by atoms with van der Waals surface area (Å²) in [5, 5.41) is 21.3. The third kappa shape index (κ3) is 7.09. The van der Waals surface area contributed by atoms with Gasteiger partial charge in [-0.1, -0.05) is 6.92 Å². The van der Waals surface area contributed by atoms with Gasteiger partial charge < -0.3 is 26.8 Å². The smallest absolute Gasteiger partial charge is 0.435 e. The second kappa shape index (κ2) is 13.3. The van der Waals surface area contributed by atoms with Crippen molar-refractivity contribution in [1.82, 2.24) is 35.2 Å². The Balaban J connectivity index is 0.00000135. The molecule has 0 bridgehead atoms. The second-order valence-electron chi connectivity index (χ2n) is 9.69. The number of H-pyrrole nitrogens is 1. The van der Waals surface area contributed by atoms with Gasteiger partial charge in [0.2, 0.25) is 5.91 Å². The zero-order chi connectivity index (χ0) is 31.1. The van der Waals surface area contributed by atoms with Crippen molar-refractivity contribution in [2.24, 2.45) is 11.7 Å². The number of nitrogens with two attached hydrogens (primary N) is 1. The van der Waals surface area contributed by atoms with Gasteiger partial charge in [-0.15, -0.1) is 0 Å². The molecule has 0 aliphatic heterocycles. The van der Waals surface area contributed by atoms with Crippen LogP contribution in [0.25, 0.3) is 16.9 Å². The highest BCUT2D eigenvalue weighted by Gasteiger charge is 2.37. The van der Waals surface area contributed by atoms with E-state index in [9.17, 15) is 22.8 Å². The maximum absolute atomic E-state index is 13.4. The Bertz CT molecular complexity index is 1600. The van der Waals surface area contributed by atoms with Crippen molar-refractivity contribution in [1.29, 1.82) is 0 Å². The van der Waals surface area contributed by atoms with E-state index in [1.165, 1.54) is 29.2 Å². The van der Waals surface area contributed by atoms with E-state index < -0.39 is 11.9 Å². The van der Waals surface area contributed by atoms with Crippen molar-refractivity contribution in [3.05, 3.63) is 59.8 Å². The van der Waals surface area contributed by atoms with Gasteiger partial charge in [0.05, 0.1) is 17.5 Å². The van der Waals surface area contributed by atoms with Gasteiger partial charge in [-0.25, -0.2) is 9.97 Å². The van der Waals surface area contributed by atoms with E-state index in [2.05, 4.69) is 36.1 Å². The Morgan fingerprint density at radius 1 is 1.21 bits per heavy atom. The van der Waals surface area contributed by atoms with Crippen LogP contribution in [0.1, 0.15) is 41.4 Å². The molecule has 3 aromatic heterocycles. The normalized spacial score (nSPS) is 16.0. The minimum Gasteiger partial charge on any atom is -0.483 e. The molecule has 1 aliphatic rings. The first kappa shape index (κ1) is 31.0. The molecule has 228 valence electrons. The van der Waals surface area contributed by atoms with Crippen LogP contribution in [0.3, 0.4) is 0 Å².